The molecule has 282 valence electrons. The van der Waals surface area contributed by atoms with Crippen LogP contribution in [-0.4, -0.2) is 81.0 Å². The van der Waals surface area contributed by atoms with E-state index in [0.29, 0.717) is 12.1 Å². The fourth-order valence-corrected chi connectivity index (χ4v) is 8.78. The number of likely N-dealkylation sites (tertiary alicyclic amines) is 2. The van der Waals surface area contributed by atoms with Gasteiger partial charge in [0, 0.05) is 31.7 Å². The zero-order valence-electron chi connectivity index (χ0n) is 27.3. The number of nitrogens with zero attached hydrogens (tertiary/aromatic N) is 2. The molecule has 0 radical (unpaired) electrons. The number of halogens is 8. The van der Waals surface area contributed by atoms with Gasteiger partial charge in [-0.2, -0.15) is 26.3 Å². The van der Waals surface area contributed by atoms with Crippen LogP contribution in [0, 0.1) is 17.6 Å². The number of rotatable bonds is 9. The standard InChI is InChI=1S/C34H32F8N2O7S/c1-50-28-4-2-3-27(36)26(28)19-51-32(33(37,38)39,34(40,41)42)23-7-5-22(6-8-23)31(52(48,49)25-11-9-24(35)10-12-25)15-18-44(20-31)30(47)43-16-13-21(14-17-43)29(45)46/h2-12,21H,13-20H2,1H3,(H,45,46)/t31-/m0/s1. The zero-order chi connectivity index (χ0) is 38.3. The molecule has 0 unspecified atom stereocenters. The van der Waals surface area contributed by atoms with Crippen LogP contribution in [0.4, 0.5) is 39.9 Å². The van der Waals surface area contributed by atoms with Gasteiger partial charge in [-0.25, -0.2) is 22.0 Å². The molecule has 52 heavy (non-hydrogen) atoms. The Kier molecular flexibility index (Phi) is 10.6. The van der Waals surface area contributed by atoms with Gasteiger partial charge in [-0.15, -0.1) is 0 Å². The highest BCUT2D eigenvalue weighted by Crippen LogP contribution is 2.54. The number of methoxy groups -OCH3 is 1. The molecule has 2 heterocycles. The summed E-state index contributed by atoms with van der Waals surface area (Å²) in [6.45, 7) is -2.22. The van der Waals surface area contributed by atoms with Crippen molar-refractivity contribution in [2.45, 2.75) is 53.5 Å². The number of hydrogen-bond acceptors (Lipinski definition) is 6. The van der Waals surface area contributed by atoms with E-state index in [9.17, 15) is 58.2 Å². The lowest BCUT2D eigenvalue weighted by Crippen LogP contribution is -2.56. The molecule has 2 amide bonds. The average molecular weight is 765 g/mol. The molecule has 2 saturated heterocycles. The molecule has 5 rings (SSSR count). The van der Waals surface area contributed by atoms with Gasteiger partial charge in [0.05, 0.1) is 30.1 Å². The summed E-state index contributed by atoms with van der Waals surface area (Å²) in [5.74, 6) is -4.05. The number of carbonyl (C=O) groups is 2. The summed E-state index contributed by atoms with van der Waals surface area (Å²) < 4.78 is 152. The number of benzene rings is 3. The lowest BCUT2D eigenvalue weighted by atomic mass is 9.88. The first-order chi connectivity index (χ1) is 24.3. The minimum atomic E-state index is -6.17. The number of urea groups is 1. The normalized spacial score (nSPS) is 19.2. The van der Waals surface area contributed by atoms with Crippen LogP contribution in [0.15, 0.2) is 71.6 Å². The topological polar surface area (TPSA) is 113 Å². The molecule has 3 aromatic carbocycles. The molecule has 3 aromatic rings. The van der Waals surface area contributed by atoms with Gasteiger partial charge in [0.1, 0.15) is 22.1 Å². The number of amides is 2. The van der Waals surface area contributed by atoms with Crippen LogP contribution in [0.1, 0.15) is 36.0 Å². The van der Waals surface area contributed by atoms with Gasteiger partial charge in [0.15, 0.2) is 9.84 Å². The number of carboxylic acid groups (broad SMARTS) is 1. The van der Waals surface area contributed by atoms with Crippen LogP contribution in [0.2, 0.25) is 0 Å². The summed E-state index contributed by atoms with van der Waals surface area (Å²) in [6.07, 6.45) is -12.4. The fraction of sp³-hybridized carbons (Fsp3) is 0.412. The van der Waals surface area contributed by atoms with Crippen molar-refractivity contribution in [3.63, 3.8) is 0 Å². The van der Waals surface area contributed by atoms with E-state index in [1.807, 2.05) is 0 Å². The number of carbonyl (C=O) groups excluding carboxylic acids is 1. The number of carboxylic acids is 1. The van der Waals surface area contributed by atoms with E-state index in [4.69, 9.17) is 4.74 Å². The van der Waals surface area contributed by atoms with Gasteiger partial charge in [-0.3, -0.25) is 4.79 Å². The highest BCUT2D eigenvalue weighted by Gasteiger charge is 2.73. The van der Waals surface area contributed by atoms with Crippen LogP contribution < -0.4 is 4.74 Å². The van der Waals surface area contributed by atoms with E-state index in [-0.39, 0.29) is 50.2 Å². The zero-order valence-corrected chi connectivity index (χ0v) is 28.1. The minimum Gasteiger partial charge on any atom is -0.496 e. The van der Waals surface area contributed by atoms with Crippen molar-refractivity contribution in [1.29, 1.82) is 0 Å². The Morgan fingerprint density at radius 1 is 0.865 bits per heavy atom. The third kappa shape index (κ3) is 6.77. The number of piperidine rings is 1. The van der Waals surface area contributed by atoms with Gasteiger partial charge >= 0.3 is 24.4 Å². The van der Waals surface area contributed by atoms with E-state index < -0.39 is 91.3 Å². The predicted octanol–water partition coefficient (Wildman–Crippen LogP) is 6.80. The van der Waals surface area contributed by atoms with Crippen molar-refractivity contribution in [2.24, 2.45) is 5.92 Å². The van der Waals surface area contributed by atoms with Crippen molar-refractivity contribution < 1.29 is 67.7 Å². The highest BCUT2D eigenvalue weighted by atomic mass is 32.2. The van der Waals surface area contributed by atoms with Gasteiger partial charge in [-0.05, 0) is 61.2 Å². The van der Waals surface area contributed by atoms with Crippen molar-refractivity contribution in [3.05, 3.63) is 95.1 Å². The van der Waals surface area contributed by atoms with E-state index in [2.05, 4.69) is 4.74 Å². The Balaban J connectivity index is 1.57. The molecule has 18 heteroatoms. The molecule has 0 aliphatic carbocycles. The highest BCUT2D eigenvalue weighted by molar-refractivity contribution is 7.92. The van der Waals surface area contributed by atoms with Crippen LogP contribution >= 0.6 is 0 Å². The second-order valence-corrected chi connectivity index (χ2v) is 14.7. The smallest absolute Gasteiger partial charge is 0.430 e. The molecular weight excluding hydrogens is 732 g/mol. The first-order valence-electron chi connectivity index (χ1n) is 15.8. The van der Waals surface area contributed by atoms with Gasteiger partial charge in [0.25, 0.3) is 5.60 Å². The Morgan fingerprint density at radius 2 is 1.46 bits per heavy atom. The molecule has 1 N–H and O–H groups in total. The molecule has 0 aromatic heterocycles. The second-order valence-electron chi connectivity index (χ2n) is 12.5. The first kappa shape index (κ1) is 38.8. The van der Waals surface area contributed by atoms with Crippen molar-refractivity contribution >= 4 is 21.8 Å². The number of sulfone groups is 1. The Bertz CT molecular complexity index is 1880. The molecule has 2 aliphatic rings. The van der Waals surface area contributed by atoms with Gasteiger partial charge < -0.3 is 24.4 Å². The Hall–Kier alpha value is -4.45. The molecule has 0 spiro atoms. The largest absolute Gasteiger partial charge is 0.496 e. The summed E-state index contributed by atoms with van der Waals surface area (Å²) >= 11 is 0. The van der Waals surface area contributed by atoms with Crippen molar-refractivity contribution in [2.75, 3.05) is 33.3 Å². The summed E-state index contributed by atoms with van der Waals surface area (Å²) in [6, 6.07) is 8.39. The summed E-state index contributed by atoms with van der Waals surface area (Å²) in [5.41, 5.74) is -7.50. The lowest BCUT2D eigenvalue weighted by molar-refractivity contribution is -0.392. The maximum absolute atomic E-state index is 14.7. The Labute approximate surface area is 292 Å². The number of ether oxygens (including phenoxy) is 2. The van der Waals surface area contributed by atoms with E-state index in [1.54, 1.807) is 0 Å². The van der Waals surface area contributed by atoms with E-state index in [0.717, 1.165) is 66.6 Å². The predicted molar refractivity (Wildman–Crippen MR) is 167 cm³/mol. The monoisotopic (exact) mass is 764 g/mol. The summed E-state index contributed by atoms with van der Waals surface area (Å²) in [5, 5.41) is 9.30. The average Bonchev–Trinajstić information content (AvgIpc) is 3.55. The quantitative estimate of drug-likeness (QED) is 0.189. The maximum Gasteiger partial charge on any atom is 0.430 e. The Morgan fingerprint density at radius 3 is 2.00 bits per heavy atom. The van der Waals surface area contributed by atoms with Gasteiger partial charge in [0.2, 0.25) is 0 Å². The maximum atomic E-state index is 14.7. The molecule has 2 aliphatic heterocycles. The van der Waals surface area contributed by atoms with Gasteiger partial charge in [-0.1, -0.05) is 30.3 Å². The third-order valence-corrected chi connectivity index (χ3v) is 12.1. The summed E-state index contributed by atoms with van der Waals surface area (Å²) in [4.78, 5) is 27.0. The second kappa shape index (κ2) is 14.2. The van der Waals surface area contributed by atoms with E-state index >= 15 is 0 Å². The first-order valence-corrected chi connectivity index (χ1v) is 17.2. The van der Waals surface area contributed by atoms with Crippen molar-refractivity contribution in [3.8, 4) is 5.75 Å². The third-order valence-electron chi connectivity index (χ3n) is 9.60. The van der Waals surface area contributed by atoms with Crippen LogP contribution in [0.25, 0.3) is 0 Å². The van der Waals surface area contributed by atoms with Crippen LogP contribution in [0.5, 0.6) is 5.75 Å². The molecular formula is C34H32F8N2O7S. The molecule has 2 fully saturated rings. The molecule has 9 nitrogen and oxygen atoms in total. The molecule has 0 saturated carbocycles. The summed E-state index contributed by atoms with van der Waals surface area (Å²) in [7, 11) is -3.60. The van der Waals surface area contributed by atoms with E-state index in [1.165, 1.54) is 4.90 Å². The number of hydrogen-bond donors (Lipinski definition) is 1. The molecule has 0 bridgehead atoms. The fourth-order valence-electron chi connectivity index (χ4n) is 6.71. The minimum absolute atomic E-state index is 0.0500. The number of alkyl halides is 6. The van der Waals surface area contributed by atoms with Crippen LogP contribution in [0.3, 0.4) is 0 Å². The lowest BCUT2D eigenvalue weighted by Gasteiger charge is -2.38. The molecule has 1 atom stereocenters. The van der Waals surface area contributed by atoms with Crippen LogP contribution in [-0.2, 0) is 36.3 Å². The SMILES string of the molecule is COc1cccc(F)c1COC(c1ccc([C@]2(S(=O)(=O)c3ccc(F)cc3)CCN(C(=O)N3CCC(C(=O)O)CC3)C2)cc1)(C(F)(F)F)C(F)(F)F. The van der Waals surface area contributed by atoms with Crippen molar-refractivity contribution in [1.82, 2.24) is 9.80 Å². The number of aliphatic carboxylic acids is 1.